The SMILES string of the molecule is CC(C)n1nc(N2CCCCC2CNC(=O)NC2CCOCC2)ccc1=O. The summed E-state index contributed by atoms with van der Waals surface area (Å²) in [6.45, 7) is 6.77. The minimum Gasteiger partial charge on any atom is -0.381 e. The third kappa shape index (κ3) is 5.22. The minimum atomic E-state index is -0.118. The van der Waals surface area contributed by atoms with Gasteiger partial charge in [0.1, 0.15) is 5.82 Å². The summed E-state index contributed by atoms with van der Waals surface area (Å²) in [5, 5.41) is 10.6. The summed E-state index contributed by atoms with van der Waals surface area (Å²) in [7, 11) is 0. The number of hydrogen-bond donors (Lipinski definition) is 2. The van der Waals surface area contributed by atoms with Gasteiger partial charge < -0.3 is 20.3 Å². The molecule has 2 fully saturated rings. The molecule has 2 saturated heterocycles. The number of hydrogen-bond acceptors (Lipinski definition) is 5. The van der Waals surface area contributed by atoms with Crippen molar-refractivity contribution in [1.82, 2.24) is 20.4 Å². The molecule has 0 saturated carbocycles. The molecule has 0 radical (unpaired) electrons. The molecule has 0 aromatic carbocycles. The van der Waals surface area contributed by atoms with Crippen LogP contribution in [0.25, 0.3) is 0 Å². The lowest BCUT2D eigenvalue weighted by Gasteiger charge is -2.37. The molecule has 0 spiro atoms. The van der Waals surface area contributed by atoms with Gasteiger partial charge in [-0.2, -0.15) is 5.10 Å². The quantitative estimate of drug-likeness (QED) is 0.815. The highest BCUT2D eigenvalue weighted by Gasteiger charge is 2.25. The van der Waals surface area contributed by atoms with Crippen molar-refractivity contribution in [3.05, 3.63) is 22.5 Å². The van der Waals surface area contributed by atoms with Gasteiger partial charge in [-0.05, 0) is 52.0 Å². The zero-order valence-corrected chi connectivity index (χ0v) is 16.3. The second kappa shape index (κ2) is 9.21. The zero-order valence-electron chi connectivity index (χ0n) is 16.3. The third-order valence-electron chi connectivity index (χ3n) is 5.28. The Labute approximate surface area is 160 Å². The van der Waals surface area contributed by atoms with E-state index in [9.17, 15) is 9.59 Å². The third-order valence-corrected chi connectivity index (χ3v) is 5.28. The summed E-state index contributed by atoms with van der Waals surface area (Å²) in [6, 6.07) is 3.65. The van der Waals surface area contributed by atoms with Gasteiger partial charge in [0, 0.05) is 44.5 Å². The van der Waals surface area contributed by atoms with Crippen molar-refractivity contribution in [3.8, 4) is 0 Å². The van der Waals surface area contributed by atoms with Crippen LogP contribution in [-0.4, -0.2) is 54.2 Å². The van der Waals surface area contributed by atoms with Crippen molar-refractivity contribution in [1.29, 1.82) is 0 Å². The van der Waals surface area contributed by atoms with Crippen LogP contribution in [0.2, 0.25) is 0 Å². The van der Waals surface area contributed by atoms with Gasteiger partial charge in [-0.3, -0.25) is 4.79 Å². The molecule has 2 amide bonds. The average Bonchev–Trinajstić information content (AvgIpc) is 2.67. The van der Waals surface area contributed by atoms with E-state index in [1.54, 1.807) is 12.1 Å². The summed E-state index contributed by atoms with van der Waals surface area (Å²) in [4.78, 5) is 26.5. The summed E-state index contributed by atoms with van der Waals surface area (Å²) in [6.07, 6.45) is 4.95. The Morgan fingerprint density at radius 3 is 2.78 bits per heavy atom. The van der Waals surface area contributed by atoms with Crippen molar-refractivity contribution in [2.75, 3.05) is 31.2 Å². The monoisotopic (exact) mass is 377 g/mol. The molecular weight excluding hydrogens is 346 g/mol. The Hall–Kier alpha value is -2.09. The maximum Gasteiger partial charge on any atom is 0.315 e. The summed E-state index contributed by atoms with van der Waals surface area (Å²) >= 11 is 0. The topological polar surface area (TPSA) is 88.5 Å². The van der Waals surface area contributed by atoms with Crippen LogP contribution in [0.1, 0.15) is 52.0 Å². The molecule has 1 unspecified atom stereocenters. The largest absolute Gasteiger partial charge is 0.381 e. The van der Waals surface area contributed by atoms with E-state index < -0.39 is 0 Å². The fraction of sp³-hybridized carbons (Fsp3) is 0.737. The number of nitrogens with one attached hydrogen (secondary N) is 2. The van der Waals surface area contributed by atoms with Gasteiger partial charge in [0.25, 0.3) is 5.56 Å². The number of amides is 2. The fourth-order valence-corrected chi connectivity index (χ4v) is 3.74. The summed E-state index contributed by atoms with van der Waals surface area (Å²) in [5.41, 5.74) is -0.0868. The highest BCUT2D eigenvalue weighted by molar-refractivity contribution is 5.74. The van der Waals surface area contributed by atoms with Crippen LogP contribution < -0.4 is 21.1 Å². The lowest BCUT2D eigenvalue weighted by Crippen LogP contribution is -2.51. The smallest absolute Gasteiger partial charge is 0.315 e. The van der Waals surface area contributed by atoms with E-state index in [1.807, 2.05) is 13.8 Å². The number of urea groups is 1. The summed E-state index contributed by atoms with van der Waals surface area (Å²) < 4.78 is 6.84. The van der Waals surface area contributed by atoms with E-state index in [1.165, 1.54) is 4.68 Å². The van der Waals surface area contributed by atoms with Crippen molar-refractivity contribution in [3.63, 3.8) is 0 Å². The molecule has 3 heterocycles. The average molecular weight is 377 g/mol. The first-order valence-corrected chi connectivity index (χ1v) is 10.0. The molecule has 2 aliphatic heterocycles. The first-order chi connectivity index (χ1) is 13.0. The Kier molecular flexibility index (Phi) is 6.71. The molecule has 0 aliphatic carbocycles. The van der Waals surface area contributed by atoms with Crippen LogP contribution in [0.4, 0.5) is 10.6 Å². The number of aromatic nitrogens is 2. The van der Waals surface area contributed by atoms with Gasteiger partial charge in [0.05, 0.1) is 6.04 Å². The van der Waals surface area contributed by atoms with Crippen LogP contribution in [-0.2, 0) is 4.74 Å². The van der Waals surface area contributed by atoms with Crippen molar-refractivity contribution < 1.29 is 9.53 Å². The maximum absolute atomic E-state index is 12.2. The first kappa shape index (κ1) is 19.7. The lowest BCUT2D eigenvalue weighted by atomic mass is 10.0. The van der Waals surface area contributed by atoms with Gasteiger partial charge in [0.15, 0.2) is 0 Å². The molecule has 1 aromatic heterocycles. The zero-order chi connectivity index (χ0) is 19.2. The van der Waals surface area contributed by atoms with Crippen LogP contribution in [0.15, 0.2) is 16.9 Å². The highest BCUT2D eigenvalue weighted by Crippen LogP contribution is 2.22. The fourth-order valence-electron chi connectivity index (χ4n) is 3.74. The number of carbonyl (C=O) groups excluding carboxylic acids is 1. The van der Waals surface area contributed by atoms with Crippen LogP contribution in [0.5, 0.6) is 0 Å². The van der Waals surface area contributed by atoms with Gasteiger partial charge in [0.2, 0.25) is 0 Å². The van der Waals surface area contributed by atoms with E-state index in [0.29, 0.717) is 19.8 Å². The molecule has 1 aromatic rings. The molecule has 2 aliphatic rings. The number of rotatable bonds is 5. The number of carbonyl (C=O) groups is 1. The van der Waals surface area contributed by atoms with E-state index in [-0.39, 0.29) is 29.7 Å². The summed E-state index contributed by atoms with van der Waals surface area (Å²) in [5.74, 6) is 0.805. The Bertz CT molecular complexity index is 684. The van der Waals surface area contributed by atoms with E-state index in [4.69, 9.17) is 4.74 Å². The molecule has 0 bridgehead atoms. The standard InChI is InChI=1S/C19H31N5O3/c1-14(2)24-18(25)7-6-17(22-24)23-10-4-3-5-16(23)13-20-19(26)21-15-8-11-27-12-9-15/h6-7,14-16H,3-5,8-13H2,1-2H3,(H2,20,21,26). The molecule has 2 N–H and O–H groups in total. The molecule has 3 rings (SSSR count). The van der Waals surface area contributed by atoms with Gasteiger partial charge in [-0.1, -0.05) is 0 Å². The number of anilines is 1. The first-order valence-electron chi connectivity index (χ1n) is 10.0. The number of nitrogens with zero attached hydrogens (tertiary/aromatic N) is 3. The van der Waals surface area contributed by atoms with Crippen LogP contribution in [0.3, 0.4) is 0 Å². The Balaban J connectivity index is 1.61. The van der Waals surface area contributed by atoms with E-state index in [2.05, 4.69) is 20.6 Å². The second-order valence-corrected chi connectivity index (χ2v) is 7.65. The molecule has 8 nitrogen and oxygen atoms in total. The van der Waals surface area contributed by atoms with Crippen molar-refractivity contribution in [2.24, 2.45) is 0 Å². The Morgan fingerprint density at radius 2 is 2.04 bits per heavy atom. The number of piperidine rings is 1. The Morgan fingerprint density at radius 1 is 1.26 bits per heavy atom. The minimum absolute atomic E-state index is 0.0177. The molecule has 1 atom stereocenters. The van der Waals surface area contributed by atoms with E-state index >= 15 is 0 Å². The van der Waals surface area contributed by atoms with Gasteiger partial charge >= 0.3 is 6.03 Å². The van der Waals surface area contributed by atoms with Crippen molar-refractivity contribution in [2.45, 2.75) is 64.1 Å². The predicted octanol–water partition coefficient (Wildman–Crippen LogP) is 1.66. The highest BCUT2D eigenvalue weighted by atomic mass is 16.5. The normalized spacial score (nSPS) is 21.3. The second-order valence-electron chi connectivity index (χ2n) is 7.65. The molecule has 8 heteroatoms. The van der Waals surface area contributed by atoms with E-state index in [0.717, 1.165) is 44.5 Å². The molecule has 27 heavy (non-hydrogen) atoms. The van der Waals surface area contributed by atoms with Crippen LogP contribution >= 0.6 is 0 Å². The molecular formula is C19H31N5O3. The van der Waals surface area contributed by atoms with Crippen molar-refractivity contribution >= 4 is 11.8 Å². The number of ether oxygens (including phenoxy) is 1. The van der Waals surface area contributed by atoms with Gasteiger partial charge in [-0.15, -0.1) is 0 Å². The predicted molar refractivity (Wildman–Crippen MR) is 104 cm³/mol. The molecule has 150 valence electrons. The lowest BCUT2D eigenvalue weighted by molar-refractivity contribution is 0.0800. The maximum atomic E-state index is 12.2. The van der Waals surface area contributed by atoms with Gasteiger partial charge in [-0.25, -0.2) is 9.48 Å². The van der Waals surface area contributed by atoms with Crippen LogP contribution in [0, 0.1) is 0 Å².